The highest BCUT2D eigenvalue weighted by molar-refractivity contribution is 5.77. The molecular formula is C26H33N5O4. The van der Waals surface area contributed by atoms with E-state index in [1.54, 1.807) is 12.0 Å². The molecule has 0 radical (unpaired) electrons. The number of para-hydroxylation sites is 2. The number of rotatable bonds is 6. The molecule has 1 saturated heterocycles. The van der Waals surface area contributed by atoms with Crippen molar-refractivity contribution in [1.82, 2.24) is 25.5 Å². The van der Waals surface area contributed by atoms with Gasteiger partial charge in [-0.15, -0.1) is 0 Å². The van der Waals surface area contributed by atoms with Gasteiger partial charge in [0.1, 0.15) is 17.2 Å². The molecule has 9 nitrogen and oxygen atoms in total. The number of ether oxygens (including phenoxy) is 2. The largest absolute Gasteiger partial charge is 0.497 e. The maximum Gasteiger partial charge on any atom is 0.410 e. The van der Waals surface area contributed by atoms with E-state index in [0.717, 1.165) is 22.3 Å². The van der Waals surface area contributed by atoms with Gasteiger partial charge in [0, 0.05) is 19.1 Å². The molecule has 0 saturated carbocycles. The number of methoxy groups -OCH3 is 1. The summed E-state index contributed by atoms with van der Waals surface area (Å²) in [6.07, 6.45) is 0.855. The fourth-order valence-electron chi connectivity index (χ4n) is 4.11. The number of benzene rings is 2. The van der Waals surface area contributed by atoms with Crippen LogP contribution in [0.5, 0.6) is 5.75 Å². The lowest BCUT2D eigenvalue weighted by Crippen LogP contribution is -2.46. The van der Waals surface area contributed by atoms with E-state index in [0.29, 0.717) is 31.8 Å². The van der Waals surface area contributed by atoms with Crippen molar-refractivity contribution in [3.63, 3.8) is 0 Å². The summed E-state index contributed by atoms with van der Waals surface area (Å²) in [4.78, 5) is 35.0. The zero-order chi connectivity index (χ0) is 25.0. The molecule has 3 N–H and O–H groups in total. The number of imidazole rings is 1. The van der Waals surface area contributed by atoms with Gasteiger partial charge < -0.3 is 30.0 Å². The Labute approximate surface area is 205 Å². The van der Waals surface area contributed by atoms with Crippen LogP contribution < -0.4 is 15.4 Å². The molecule has 0 bridgehead atoms. The minimum atomic E-state index is -0.554. The second kappa shape index (κ2) is 10.2. The Bertz CT molecular complexity index is 1140. The molecule has 0 spiro atoms. The summed E-state index contributed by atoms with van der Waals surface area (Å²) in [5, 5.41) is 6.07. The lowest BCUT2D eigenvalue weighted by molar-refractivity contribution is 0.0291. The van der Waals surface area contributed by atoms with Gasteiger partial charge in [-0.1, -0.05) is 24.3 Å². The van der Waals surface area contributed by atoms with Crippen LogP contribution in [-0.4, -0.2) is 58.8 Å². The number of carbonyl (C=O) groups excluding carboxylic acids is 2. The van der Waals surface area contributed by atoms with Crippen LogP contribution in [-0.2, 0) is 11.2 Å². The first-order chi connectivity index (χ1) is 16.7. The van der Waals surface area contributed by atoms with Crippen LogP contribution in [0.15, 0.2) is 48.5 Å². The predicted molar refractivity (Wildman–Crippen MR) is 133 cm³/mol. The molecule has 3 amide bonds. The highest BCUT2D eigenvalue weighted by Gasteiger charge is 2.31. The predicted octanol–water partition coefficient (Wildman–Crippen LogP) is 4.16. The van der Waals surface area contributed by atoms with Gasteiger partial charge in [0.05, 0.1) is 24.2 Å². The highest BCUT2D eigenvalue weighted by Crippen LogP contribution is 2.22. The fourth-order valence-corrected chi connectivity index (χ4v) is 4.11. The molecule has 1 aliphatic heterocycles. The molecule has 2 aromatic carbocycles. The molecule has 0 unspecified atom stereocenters. The average molecular weight is 480 g/mol. The highest BCUT2D eigenvalue weighted by atomic mass is 16.6. The summed E-state index contributed by atoms with van der Waals surface area (Å²) < 4.78 is 10.7. The molecular weight excluding hydrogens is 446 g/mol. The van der Waals surface area contributed by atoms with Gasteiger partial charge in [0.2, 0.25) is 0 Å². The van der Waals surface area contributed by atoms with Gasteiger partial charge in [-0.2, -0.15) is 0 Å². The van der Waals surface area contributed by atoms with Gasteiger partial charge >= 0.3 is 12.1 Å². The van der Waals surface area contributed by atoms with Crippen molar-refractivity contribution in [3.8, 4) is 5.75 Å². The van der Waals surface area contributed by atoms with E-state index >= 15 is 0 Å². The Balaban J connectivity index is 1.43. The number of hydrogen-bond acceptors (Lipinski definition) is 5. The van der Waals surface area contributed by atoms with Gasteiger partial charge in [-0.25, -0.2) is 14.6 Å². The Morgan fingerprint density at radius 3 is 2.60 bits per heavy atom. The number of H-pyrrole nitrogens is 1. The maximum absolute atomic E-state index is 13.0. The fraction of sp³-hybridized carbons (Fsp3) is 0.423. The lowest BCUT2D eigenvalue weighted by Gasteiger charge is -2.24. The van der Waals surface area contributed by atoms with Crippen LogP contribution >= 0.6 is 0 Å². The second-order valence-corrected chi connectivity index (χ2v) is 9.77. The number of aromatic amines is 1. The van der Waals surface area contributed by atoms with Crippen molar-refractivity contribution < 1.29 is 19.1 Å². The summed E-state index contributed by atoms with van der Waals surface area (Å²) in [7, 11) is 1.63. The number of aromatic nitrogens is 2. The number of nitrogens with one attached hydrogen (secondary N) is 3. The van der Waals surface area contributed by atoms with Crippen molar-refractivity contribution in [1.29, 1.82) is 0 Å². The Kier molecular flexibility index (Phi) is 7.14. The third-order valence-electron chi connectivity index (χ3n) is 5.82. The molecule has 186 valence electrons. The molecule has 4 rings (SSSR count). The quantitative estimate of drug-likeness (QED) is 0.492. The smallest absolute Gasteiger partial charge is 0.410 e. The van der Waals surface area contributed by atoms with E-state index in [4.69, 9.17) is 14.5 Å². The first-order valence-corrected chi connectivity index (χ1v) is 11.8. The van der Waals surface area contributed by atoms with Gasteiger partial charge in [-0.3, -0.25) is 0 Å². The van der Waals surface area contributed by atoms with Crippen molar-refractivity contribution in [2.75, 3.05) is 20.2 Å². The maximum atomic E-state index is 13.0. The average Bonchev–Trinajstić information content (AvgIpc) is 3.45. The summed E-state index contributed by atoms with van der Waals surface area (Å²) >= 11 is 0. The number of nitrogens with zero attached hydrogens (tertiary/aromatic N) is 2. The first kappa shape index (κ1) is 24.4. The molecule has 9 heteroatoms. The third-order valence-corrected chi connectivity index (χ3v) is 5.82. The topological polar surface area (TPSA) is 109 Å². The number of hydrogen-bond donors (Lipinski definition) is 3. The minimum absolute atomic E-state index is 0.153. The molecule has 2 atom stereocenters. The summed E-state index contributed by atoms with van der Waals surface area (Å²) in [6, 6.07) is 14.7. The first-order valence-electron chi connectivity index (χ1n) is 11.8. The molecule has 1 aliphatic rings. The number of urea groups is 1. The SMILES string of the molecule is COc1ccc(C[C@@H](NC(=O)N[C@H]2CCN(C(=O)OC(C)(C)C)C2)c2nc3ccccc3[nH]2)cc1. The Morgan fingerprint density at radius 1 is 1.17 bits per heavy atom. The van der Waals surface area contributed by atoms with Crippen LogP contribution in [0.2, 0.25) is 0 Å². The van der Waals surface area contributed by atoms with E-state index in [2.05, 4.69) is 15.6 Å². The number of likely N-dealkylation sites (tertiary alicyclic amines) is 1. The molecule has 0 aliphatic carbocycles. The number of carbonyl (C=O) groups is 2. The lowest BCUT2D eigenvalue weighted by atomic mass is 10.1. The summed E-state index contributed by atoms with van der Waals surface area (Å²) in [5.41, 5.74) is 2.23. The van der Waals surface area contributed by atoms with E-state index in [1.807, 2.05) is 69.3 Å². The van der Waals surface area contributed by atoms with Gasteiger partial charge in [0.15, 0.2) is 0 Å². The minimum Gasteiger partial charge on any atom is -0.497 e. The molecule has 35 heavy (non-hydrogen) atoms. The Morgan fingerprint density at radius 2 is 1.91 bits per heavy atom. The van der Waals surface area contributed by atoms with Crippen LogP contribution in [0.3, 0.4) is 0 Å². The zero-order valence-corrected chi connectivity index (χ0v) is 20.6. The van der Waals surface area contributed by atoms with E-state index < -0.39 is 5.60 Å². The van der Waals surface area contributed by atoms with Crippen LogP contribution in [0, 0.1) is 0 Å². The molecule has 1 aromatic heterocycles. The normalized spacial score (nSPS) is 16.7. The van der Waals surface area contributed by atoms with Crippen molar-refractivity contribution in [2.24, 2.45) is 0 Å². The third kappa shape index (κ3) is 6.44. The summed E-state index contributed by atoms with van der Waals surface area (Å²) in [6.45, 7) is 6.47. The zero-order valence-electron chi connectivity index (χ0n) is 20.6. The van der Waals surface area contributed by atoms with Crippen LogP contribution in [0.1, 0.15) is 44.6 Å². The van der Waals surface area contributed by atoms with E-state index in [9.17, 15) is 9.59 Å². The van der Waals surface area contributed by atoms with E-state index in [1.165, 1.54) is 0 Å². The molecule has 3 aromatic rings. The van der Waals surface area contributed by atoms with Crippen molar-refractivity contribution in [3.05, 3.63) is 59.9 Å². The van der Waals surface area contributed by atoms with E-state index in [-0.39, 0.29) is 24.2 Å². The van der Waals surface area contributed by atoms with Gasteiger partial charge in [0.25, 0.3) is 0 Å². The van der Waals surface area contributed by atoms with Gasteiger partial charge in [-0.05, 0) is 63.4 Å². The van der Waals surface area contributed by atoms with Crippen molar-refractivity contribution in [2.45, 2.75) is 51.3 Å². The van der Waals surface area contributed by atoms with Crippen LogP contribution in [0.25, 0.3) is 11.0 Å². The molecule has 1 fully saturated rings. The second-order valence-electron chi connectivity index (χ2n) is 9.77. The standard InChI is InChI=1S/C26H33N5O4/c1-26(2,3)35-25(33)31-14-13-18(16-31)27-24(32)30-22(15-17-9-11-19(34-4)12-10-17)23-28-20-7-5-6-8-21(20)29-23/h5-12,18,22H,13-16H2,1-4H3,(H,28,29)(H2,27,30,32)/t18-,22+/m0/s1. The van der Waals surface area contributed by atoms with Crippen molar-refractivity contribution >= 4 is 23.2 Å². The summed E-state index contributed by atoms with van der Waals surface area (Å²) in [5.74, 6) is 1.45. The number of fused-ring (bicyclic) bond motifs is 1. The Hall–Kier alpha value is -3.75. The molecule has 2 heterocycles. The monoisotopic (exact) mass is 479 g/mol. The number of amides is 3. The van der Waals surface area contributed by atoms with Crippen LogP contribution in [0.4, 0.5) is 9.59 Å².